The molecule has 3 saturated carbocycles. The molecule has 2 aromatic rings. The Hall–Kier alpha value is -1.89. The van der Waals surface area contributed by atoms with Gasteiger partial charge in [0.25, 0.3) is 0 Å². The summed E-state index contributed by atoms with van der Waals surface area (Å²) in [5, 5.41) is 3.25. The Morgan fingerprint density at radius 1 is 1.18 bits per heavy atom. The standard InChI is InChI=1S/C21H26N2O4S/c1-14-2-3-17-16(12-14)22-19(27-17)20-5-8-21(9-6-20,10-7-20)23-18(24)15-4-11-28(25,26)13-15/h2-3,12,15H,4-11,13H2,1H3,(H,23,24). The highest BCUT2D eigenvalue weighted by Crippen LogP contribution is 2.53. The number of oxazole rings is 1. The fraction of sp³-hybridized carbons (Fsp3) is 0.619. The van der Waals surface area contributed by atoms with Crippen LogP contribution in [0.5, 0.6) is 0 Å². The predicted molar refractivity (Wildman–Crippen MR) is 106 cm³/mol. The van der Waals surface area contributed by atoms with E-state index in [1.165, 1.54) is 5.56 Å². The molecular formula is C21H26N2O4S. The zero-order chi connectivity index (χ0) is 19.6. The first-order valence-electron chi connectivity index (χ1n) is 10.2. The van der Waals surface area contributed by atoms with E-state index in [9.17, 15) is 13.2 Å². The number of aryl methyl sites for hydroxylation is 1. The molecule has 1 atom stereocenters. The molecule has 4 fully saturated rings. The second-order valence-electron chi connectivity index (χ2n) is 9.14. The molecule has 3 aliphatic carbocycles. The summed E-state index contributed by atoms with van der Waals surface area (Å²) in [6.07, 6.45) is 5.99. The summed E-state index contributed by atoms with van der Waals surface area (Å²) in [6.45, 7) is 2.06. The van der Waals surface area contributed by atoms with Gasteiger partial charge in [-0.2, -0.15) is 0 Å². The third kappa shape index (κ3) is 2.95. The van der Waals surface area contributed by atoms with E-state index < -0.39 is 9.84 Å². The number of fused-ring (bicyclic) bond motifs is 4. The van der Waals surface area contributed by atoms with Crippen molar-refractivity contribution in [3.05, 3.63) is 29.7 Å². The Balaban J connectivity index is 1.31. The van der Waals surface area contributed by atoms with Gasteiger partial charge in [0, 0.05) is 11.0 Å². The fourth-order valence-electron chi connectivity index (χ4n) is 5.32. The maximum absolute atomic E-state index is 12.7. The van der Waals surface area contributed by atoms with Crippen LogP contribution >= 0.6 is 0 Å². The molecular weight excluding hydrogens is 376 g/mol. The number of hydrogen-bond acceptors (Lipinski definition) is 5. The van der Waals surface area contributed by atoms with Crippen LogP contribution in [0.25, 0.3) is 11.1 Å². The van der Waals surface area contributed by atoms with Crippen LogP contribution < -0.4 is 5.32 Å². The summed E-state index contributed by atoms with van der Waals surface area (Å²) in [7, 11) is -3.04. The van der Waals surface area contributed by atoms with Gasteiger partial charge in [0.15, 0.2) is 15.4 Å². The topological polar surface area (TPSA) is 89.3 Å². The van der Waals surface area contributed by atoms with Crippen molar-refractivity contribution in [1.29, 1.82) is 0 Å². The van der Waals surface area contributed by atoms with E-state index in [1.807, 2.05) is 12.1 Å². The highest BCUT2D eigenvalue weighted by Gasteiger charge is 2.53. The van der Waals surface area contributed by atoms with E-state index in [4.69, 9.17) is 9.40 Å². The number of rotatable bonds is 3. The van der Waals surface area contributed by atoms with Gasteiger partial charge in [-0.05, 0) is 69.6 Å². The molecule has 1 N–H and O–H groups in total. The van der Waals surface area contributed by atoms with Crippen LogP contribution in [0.1, 0.15) is 56.4 Å². The molecule has 6 rings (SSSR count). The molecule has 1 unspecified atom stereocenters. The SMILES string of the molecule is Cc1ccc2oc(C34CCC(NC(=O)C5CCS(=O)(=O)C5)(CC3)CC4)nc2c1. The molecule has 0 radical (unpaired) electrons. The first-order valence-corrected chi connectivity index (χ1v) is 12.0. The first kappa shape index (κ1) is 18.2. The van der Waals surface area contributed by atoms with Crippen LogP contribution in [0, 0.1) is 12.8 Å². The molecule has 0 spiro atoms. The van der Waals surface area contributed by atoms with Gasteiger partial charge in [0.1, 0.15) is 5.52 Å². The van der Waals surface area contributed by atoms with E-state index in [2.05, 4.69) is 18.3 Å². The normalized spacial score (nSPS) is 34.0. The molecule has 2 heterocycles. The number of aromatic nitrogens is 1. The fourth-order valence-corrected chi connectivity index (χ4v) is 7.06. The summed E-state index contributed by atoms with van der Waals surface area (Å²) in [4.78, 5) is 17.5. The predicted octanol–water partition coefficient (Wildman–Crippen LogP) is 3.03. The Bertz CT molecular complexity index is 1030. The second kappa shape index (κ2) is 6.05. The minimum Gasteiger partial charge on any atom is -0.440 e. The Labute approximate surface area is 165 Å². The highest BCUT2D eigenvalue weighted by molar-refractivity contribution is 7.91. The van der Waals surface area contributed by atoms with Gasteiger partial charge in [0.05, 0.1) is 17.4 Å². The summed E-state index contributed by atoms with van der Waals surface area (Å²) < 4.78 is 29.5. The lowest BCUT2D eigenvalue weighted by Gasteiger charge is -2.52. The third-order valence-corrected chi connectivity index (χ3v) is 9.00. The molecule has 1 aromatic heterocycles. The van der Waals surface area contributed by atoms with Gasteiger partial charge in [-0.3, -0.25) is 4.79 Å². The van der Waals surface area contributed by atoms with Gasteiger partial charge >= 0.3 is 0 Å². The molecule has 4 aliphatic rings. The zero-order valence-electron chi connectivity index (χ0n) is 16.2. The van der Waals surface area contributed by atoms with Crippen LogP contribution in [0.3, 0.4) is 0 Å². The average Bonchev–Trinajstić information content (AvgIpc) is 3.26. The lowest BCUT2D eigenvalue weighted by molar-refractivity contribution is -0.128. The molecule has 1 aromatic carbocycles. The Kier molecular flexibility index (Phi) is 3.92. The highest BCUT2D eigenvalue weighted by atomic mass is 32.2. The van der Waals surface area contributed by atoms with E-state index in [-0.39, 0.29) is 34.3 Å². The number of carbonyl (C=O) groups is 1. The van der Waals surface area contributed by atoms with Crippen molar-refractivity contribution in [3.8, 4) is 0 Å². The molecule has 1 aliphatic heterocycles. The van der Waals surface area contributed by atoms with Crippen molar-refractivity contribution in [2.45, 2.75) is 62.8 Å². The largest absolute Gasteiger partial charge is 0.440 e. The van der Waals surface area contributed by atoms with Crippen molar-refractivity contribution < 1.29 is 17.6 Å². The number of amides is 1. The smallest absolute Gasteiger partial charge is 0.224 e. The maximum Gasteiger partial charge on any atom is 0.224 e. The van der Waals surface area contributed by atoms with Crippen LogP contribution in [-0.2, 0) is 20.0 Å². The molecule has 150 valence electrons. The number of benzene rings is 1. The van der Waals surface area contributed by atoms with Gasteiger partial charge in [-0.15, -0.1) is 0 Å². The summed E-state index contributed by atoms with van der Waals surface area (Å²) in [5.41, 5.74) is 2.72. The maximum atomic E-state index is 12.7. The van der Waals surface area contributed by atoms with Crippen LogP contribution in [0.2, 0.25) is 0 Å². The van der Waals surface area contributed by atoms with E-state index in [0.717, 1.165) is 55.5 Å². The minimum atomic E-state index is -3.04. The number of nitrogens with one attached hydrogen (secondary N) is 1. The third-order valence-electron chi connectivity index (χ3n) is 7.23. The number of hydrogen-bond donors (Lipinski definition) is 1. The summed E-state index contributed by atoms with van der Waals surface area (Å²) >= 11 is 0. The van der Waals surface area contributed by atoms with Crippen molar-refractivity contribution in [2.24, 2.45) is 5.92 Å². The average molecular weight is 403 g/mol. The number of nitrogens with zero attached hydrogens (tertiary/aromatic N) is 1. The number of carbonyl (C=O) groups excluding carboxylic acids is 1. The van der Waals surface area contributed by atoms with E-state index in [0.29, 0.717) is 6.42 Å². The molecule has 1 amide bonds. The Morgan fingerprint density at radius 3 is 2.54 bits per heavy atom. The zero-order valence-corrected chi connectivity index (χ0v) is 17.0. The summed E-state index contributed by atoms with van der Waals surface area (Å²) in [5.74, 6) is 0.523. The summed E-state index contributed by atoms with van der Waals surface area (Å²) in [6, 6.07) is 6.09. The van der Waals surface area contributed by atoms with Gasteiger partial charge in [0.2, 0.25) is 11.8 Å². The molecule has 1 saturated heterocycles. The van der Waals surface area contributed by atoms with Crippen LogP contribution in [0.15, 0.2) is 22.6 Å². The molecule has 28 heavy (non-hydrogen) atoms. The lowest BCUT2D eigenvalue weighted by Crippen LogP contribution is -2.58. The minimum absolute atomic E-state index is 0.00116. The monoisotopic (exact) mass is 402 g/mol. The molecule has 6 nitrogen and oxygen atoms in total. The van der Waals surface area contributed by atoms with Crippen molar-refractivity contribution in [3.63, 3.8) is 0 Å². The van der Waals surface area contributed by atoms with Gasteiger partial charge in [-0.25, -0.2) is 13.4 Å². The first-order chi connectivity index (χ1) is 13.3. The van der Waals surface area contributed by atoms with Gasteiger partial charge in [-0.1, -0.05) is 6.07 Å². The van der Waals surface area contributed by atoms with E-state index >= 15 is 0 Å². The lowest BCUT2D eigenvalue weighted by atomic mass is 9.57. The molecule has 2 bridgehead atoms. The van der Waals surface area contributed by atoms with Crippen LogP contribution in [-0.4, -0.2) is 36.4 Å². The van der Waals surface area contributed by atoms with Gasteiger partial charge < -0.3 is 9.73 Å². The van der Waals surface area contributed by atoms with E-state index in [1.54, 1.807) is 0 Å². The van der Waals surface area contributed by atoms with Crippen molar-refractivity contribution in [2.75, 3.05) is 11.5 Å². The Morgan fingerprint density at radius 2 is 1.89 bits per heavy atom. The number of sulfone groups is 1. The van der Waals surface area contributed by atoms with Crippen LogP contribution in [0.4, 0.5) is 0 Å². The van der Waals surface area contributed by atoms with Crippen molar-refractivity contribution >= 4 is 26.8 Å². The quantitative estimate of drug-likeness (QED) is 0.852. The van der Waals surface area contributed by atoms with Crippen molar-refractivity contribution in [1.82, 2.24) is 10.3 Å². The second-order valence-corrected chi connectivity index (χ2v) is 11.4. The molecule has 7 heteroatoms.